The summed E-state index contributed by atoms with van der Waals surface area (Å²) in [6.07, 6.45) is 0.530. The standard InChI is InChI=1S/C28H23F3N8O2/c1-2-23(40)38-11-3-4-18(15-38)24-21-8-10-35-27(33)39(21)25(37-24)17-5-6-19(20(13-17)28(29,30)31)26(41)36-22-12-16(14-32)7-9-34-22/h2,5-10,12-13,18H,1,3-4,11,15H2,(H2,33,35)(H,34,36,41). The maximum absolute atomic E-state index is 14.3. The molecule has 1 atom stereocenters. The number of pyridine rings is 1. The number of amides is 2. The van der Waals surface area contributed by atoms with Crippen LogP contribution >= 0.6 is 0 Å². The molecule has 1 aliphatic rings. The van der Waals surface area contributed by atoms with Crippen LogP contribution in [0, 0.1) is 11.3 Å². The van der Waals surface area contributed by atoms with Crippen molar-refractivity contribution >= 4 is 29.1 Å². The average Bonchev–Trinajstić information content (AvgIpc) is 3.37. The van der Waals surface area contributed by atoms with E-state index in [1.165, 1.54) is 41.1 Å². The van der Waals surface area contributed by atoms with Crippen molar-refractivity contribution in [2.75, 3.05) is 24.1 Å². The molecule has 1 aromatic carbocycles. The first-order valence-corrected chi connectivity index (χ1v) is 12.5. The SMILES string of the molecule is C=CC(=O)N1CCCC(c2nc(-c3ccc(C(=O)Nc4cc(C#N)ccn4)c(C(F)(F)F)c3)n3c(N)nccc23)C1. The van der Waals surface area contributed by atoms with Gasteiger partial charge in [0.25, 0.3) is 5.91 Å². The molecule has 3 N–H and O–H groups in total. The fraction of sp³-hybridized carbons (Fsp3) is 0.214. The molecule has 10 nitrogen and oxygen atoms in total. The summed E-state index contributed by atoms with van der Waals surface area (Å²) in [6.45, 7) is 4.48. The van der Waals surface area contributed by atoms with E-state index in [9.17, 15) is 22.8 Å². The van der Waals surface area contributed by atoms with Crippen LogP contribution in [0.3, 0.4) is 0 Å². The van der Waals surface area contributed by atoms with Crippen molar-refractivity contribution in [1.29, 1.82) is 5.26 Å². The third kappa shape index (κ3) is 5.31. The molecule has 1 fully saturated rings. The van der Waals surface area contributed by atoms with Crippen molar-refractivity contribution in [3.63, 3.8) is 0 Å². The number of anilines is 2. The van der Waals surface area contributed by atoms with E-state index in [1.807, 2.05) is 6.07 Å². The van der Waals surface area contributed by atoms with E-state index in [0.717, 1.165) is 12.1 Å². The molecule has 4 heterocycles. The van der Waals surface area contributed by atoms with Crippen LogP contribution in [-0.4, -0.2) is 49.2 Å². The van der Waals surface area contributed by atoms with Gasteiger partial charge in [-0.25, -0.2) is 15.0 Å². The Bertz CT molecular complexity index is 1720. The number of fused-ring (bicyclic) bond motifs is 1. The highest BCUT2D eigenvalue weighted by atomic mass is 19.4. The molecule has 1 saturated heterocycles. The number of carbonyl (C=O) groups excluding carboxylic acids is 2. The molecule has 2 amide bonds. The van der Waals surface area contributed by atoms with Crippen molar-refractivity contribution in [1.82, 2.24) is 24.3 Å². The second-order valence-corrected chi connectivity index (χ2v) is 9.43. The maximum atomic E-state index is 14.3. The van der Waals surface area contributed by atoms with Gasteiger partial charge in [-0.05, 0) is 49.2 Å². The van der Waals surface area contributed by atoms with E-state index in [-0.39, 0.29) is 40.5 Å². The van der Waals surface area contributed by atoms with Gasteiger partial charge in [0.2, 0.25) is 11.9 Å². The van der Waals surface area contributed by atoms with E-state index in [0.29, 0.717) is 37.1 Å². The number of carbonyl (C=O) groups is 2. The highest BCUT2D eigenvalue weighted by molar-refractivity contribution is 6.05. The topological polar surface area (TPSA) is 142 Å². The Labute approximate surface area is 232 Å². The van der Waals surface area contributed by atoms with Crippen LogP contribution < -0.4 is 11.1 Å². The van der Waals surface area contributed by atoms with Gasteiger partial charge in [0, 0.05) is 37.0 Å². The maximum Gasteiger partial charge on any atom is 0.417 e. The minimum Gasteiger partial charge on any atom is -0.369 e. The van der Waals surface area contributed by atoms with Gasteiger partial charge in [0.15, 0.2) is 0 Å². The molecule has 0 spiro atoms. The van der Waals surface area contributed by atoms with Crippen molar-refractivity contribution < 1.29 is 22.8 Å². The van der Waals surface area contributed by atoms with Crippen molar-refractivity contribution in [3.8, 4) is 17.5 Å². The van der Waals surface area contributed by atoms with Crippen LogP contribution in [0.25, 0.3) is 16.9 Å². The number of benzene rings is 1. The van der Waals surface area contributed by atoms with E-state index in [4.69, 9.17) is 16.0 Å². The monoisotopic (exact) mass is 560 g/mol. The molecule has 0 aliphatic carbocycles. The van der Waals surface area contributed by atoms with Crippen molar-refractivity contribution in [3.05, 3.63) is 83.8 Å². The van der Waals surface area contributed by atoms with Crippen LogP contribution in [0.5, 0.6) is 0 Å². The minimum absolute atomic E-state index is 0.0184. The smallest absolute Gasteiger partial charge is 0.369 e. The molecule has 13 heteroatoms. The zero-order chi connectivity index (χ0) is 29.3. The molecular formula is C28H23F3N8O2. The quantitative estimate of drug-likeness (QED) is 0.344. The Kier molecular flexibility index (Phi) is 7.15. The summed E-state index contributed by atoms with van der Waals surface area (Å²) < 4.78 is 44.2. The van der Waals surface area contributed by atoms with Crippen LogP contribution in [0.2, 0.25) is 0 Å². The van der Waals surface area contributed by atoms with Crippen LogP contribution in [0.4, 0.5) is 24.9 Å². The lowest BCUT2D eigenvalue weighted by Crippen LogP contribution is -2.38. The number of hydrogen-bond donors (Lipinski definition) is 2. The molecule has 0 radical (unpaired) electrons. The average molecular weight is 561 g/mol. The van der Waals surface area contributed by atoms with Crippen molar-refractivity contribution in [2.45, 2.75) is 24.9 Å². The number of imidazole rings is 1. The summed E-state index contributed by atoms with van der Waals surface area (Å²) in [4.78, 5) is 39.5. The number of aromatic nitrogens is 4. The number of nitrogens with zero attached hydrogens (tertiary/aromatic N) is 6. The largest absolute Gasteiger partial charge is 0.417 e. The molecule has 0 bridgehead atoms. The summed E-state index contributed by atoms with van der Waals surface area (Å²) in [5.74, 6) is -1.38. The first-order valence-electron chi connectivity index (χ1n) is 12.5. The zero-order valence-electron chi connectivity index (χ0n) is 21.5. The Morgan fingerprint density at radius 1 is 1.17 bits per heavy atom. The minimum atomic E-state index is -4.89. The van der Waals surface area contributed by atoms with E-state index in [2.05, 4.69) is 21.9 Å². The number of nitrogen functional groups attached to an aromatic ring is 1. The molecule has 5 rings (SSSR count). The van der Waals surface area contributed by atoms with Gasteiger partial charge in [0.1, 0.15) is 11.6 Å². The lowest BCUT2D eigenvalue weighted by Gasteiger charge is -2.31. The van der Waals surface area contributed by atoms with Crippen LogP contribution in [-0.2, 0) is 11.0 Å². The number of nitriles is 1. The molecule has 41 heavy (non-hydrogen) atoms. The molecule has 0 saturated carbocycles. The van der Waals surface area contributed by atoms with E-state index < -0.39 is 23.2 Å². The molecule has 1 aliphatic heterocycles. The molecule has 208 valence electrons. The molecule has 4 aromatic rings. The van der Waals surface area contributed by atoms with Gasteiger partial charge in [-0.2, -0.15) is 18.4 Å². The summed E-state index contributed by atoms with van der Waals surface area (Å²) in [5, 5.41) is 11.4. The first-order chi connectivity index (χ1) is 19.6. The van der Waals surface area contributed by atoms with Gasteiger partial charge in [-0.1, -0.05) is 12.6 Å². The fourth-order valence-corrected chi connectivity index (χ4v) is 4.98. The lowest BCUT2D eigenvalue weighted by molar-refractivity contribution is -0.137. The predicted octanol–water partition coefficient (Wildman–Crippen LogP) is 4.41. The number of piperidine rings is 1. The Morgan fingerprint density at radius 3 is 2.68 bits per heavy atom. The van der Waals surface area contributed by atoms with E-state index in [1.54, 1.807) is 11.0 Å². The first kappa shape index (κ1) is 27.3. The normalized spacial score (nSPS) is 15.4. The van der Waals surface area contributed by atoms with Crippen LogP contribution in [0.15, 0.2) is 61.4 Å². The summed E-state index contributed by atoms with van der Waals surface area (Å²) >= 11 is 0. The summed E-state index contributed by atoms with van der Waals surface area (Å²) in [6, 6.07) is 9.45. The van der Waals surface area contributed by atoms with E-state index >= 15 is 0 Å². The number of likely N-dealkylation sites (tertiary alicyclic amines) is 1. The van der Waals surface area contributed by atoms with Crippen molar-refractivity contribution in [2.24, 2.45) is 0 Å². The van der Waals surface area contributed by atoms with Gasteiger partial charge in [-0.3, -0.25) is 14.0 Å². The van der Waals surface area contributed by atoms with Gasteiger partial charge < -0.3 is 16.0 Å². The number of hydrogen-bond acceptors (Lipinski definition) is 7. The van der Waals surface area contributed by atoms with Gasteiger partial charge in [0.05, 0.1) is 34.0 Å². The number of nitrogens with two attached hydrogens (primary N) is 1. The number of nitrogens with one attached hydrogen (secondary N) is 1. The summed E-state index contributed by atoms with van der Waals surface area (Å²) in [5.41, 5.74) is 5.73. The third-order valence-electron chi connectivity index (χ3n) is 6.86. The summed E-state index contributed by atoms with van der Waals surface area (Å²) in [7, 11) is 0. The Hall–Kier alpha value is -5.25. The number of halogens is 3. The number of alkyl halides is 3. The highest BCUT2D eigenvalue weighted by Crippen LogP contribution is 2.38. The fourth-order valence-electron chi connectivity index (χ4n) is 4.98. The lowest BCUT2D eigenvalue weighted by atomic mass is 9.94. The molecule has 1 unspecified atom stereocenters. The van der Waals surface area contributed by atoms with Gasteiger partial charge in [-0.15, -0.1) is 0 Å². The predicted molar refractivity (Wildman–Crippen MR) is 143 cm³/mol. The van der Waals surface area contributed by atoms with Gasteiger partial charge >= 0.3 is 6.18 Å². The third-order valence-corrected chi connectivity index (χ3v) is 6.86. The molecular weight excluding hydrogens is 537 g/mol. The second kappa shape index (κ2) is 10.7. The Balaban J connectivity index is 1.58. The highest BCUT2D eigenvalue weighted by Gasteiger charge is 2.36. The second-order valence-electron chi connectivity index (χ2n) is 9.43. The number of rotatable bonds is 5. The zero-order valence-corrected chi connectivity index (χ0v) is 21.5. The molecule has 3 aromatic heterocycles. The van der Waals surface area contributed by atoms with Crippen LogP contribution in [0.1, 0.15) is 45.9 Å². The Morgan fingerprint density at radius 2 is 1.95 bits per heavy atom.